The van der Waals surface area contributed by atoms with Gasteiger partial charge in [-0.2, -0.15) is 4.39 Å². The van der Waals surface area contributed by atoms with E-state index in [4.69, 9.17) is 18.2 Å². The van der Waals surface area contributed by atoms with Gasteiger partial charge in [-0.1, -0.05) is 23.2 Å². The molecule has 10 rings (SSSR count). The summed E-state index contributed by atoms with van der Waals surface area (Å²) >= 11 is -1.86. The van der Waals surface area contributed by atoms with Gasteiger partial charge in [0, 0.05) is 58.6 Å². The van der Waals surface area contributed by atoms with Crippen molar-refractivity contribution in [1.29, 1.82) is 0 Å². The van der Waals surface area contributed by atoms with Crippen molar-refractivity contribution in [3.63, 3.8) is 0 Å². The van der Waals surface area contributed by atoms with Crippen molar-refractivity contribution < 1.29 is 70.2 Å². The van der Waals surface area contributed by atoms with Gasteiger partial charge in [-0.05, 0) is 131 Å². The van der Waals surface area contributed by atoms with Gasteiger partial charge in [0.1, 0.15) is 34.9 Å². The molecule has 0 radical (unpaired) electrons. The van der Waals surface area contributed by atoms with Crippen LogP contribution < -0.4 is 59.8 Å². The van der Waals surface area contributed by atoms with Crippen molar-refractivity contribution in [2.24, 2.45) is 10.8 Å². The maximum Gasteiger partial charge on any atom is 1.00 e. The molecule has 8 heterocycles. The van der Waals surface area contributed by atoms with Crippen LogP contribution in [0.4, 0.5) is 39.3 Å². The van der Waals surface area contributed by atoms with Crippen molar-refractivity contribution in [2.45, 2.75) is 82.4 Å². The average molecular weight is 1010 g/mol. The topological polar surface area (TPSA) is 215 Å². The molecule has 6 fully saturated rings. The fraction of sp³-hybridized carbons (Fsp3) is 0.542. The summed E-state index contributed by atoms with van der Waals surface area (Å²) in [6.07, 6.45) is 11.8. The van der Waals surface area contributed by atoms with Gasteiger partial charge in [0.15, 0.2) is 14.9 Å². The first-order valence-electron chi connectivity index (χ1n) is 23.7. The van der Waals surface area contributed by atoms with Gasteiger partial charge in [-0.25, -0.2) is 28.4 Å². The first kappa shape index (κ1) is 53.4. The van der Waals surface area contributed by atoms with E-state index in [0.717, 1.165) is 102 Å². The summed E-state index contributed by atoms with van der Waals surface area (Å²) in [4.78, 5) is 52.5. The van der Waals surface area contributed by atoms with Crippen LogP contribution in [-0.4, -0.2) is 139 Å². The number of morpholine rings is 2. The number of nitrogens with zero attached hydrogens (tertiary/aromatic N) is 8. The number of aromatic nitrogens is 4. The predicted molar refractivity (Wildman–Crippen MR) is 262 cm³/mol. The number of carbonyl (C=O) groups is 2. The maximum absolute atomic E-state index is 13.9. The molecule has 1 unspecified atom stereocenters. The molecule has 2 saturated carbocycles. The number of piperidine rings is 2. The average Bonchev–Trinajstić information content (AvgIpc) is 4.27. The SMILES string of the molecule is CS(=O)[O-].C[C@@H]1CN(c2cccc(NC(=O)c3ccc(F)nc3N3CCC4(CC3)CC4)n2)CCO1.C[C@@H]1CN(c2cccc(NC(=O)c3ccc(S(C)(=O)=O)nc3N3CCC4(CC3)CC4)n2)CCO1.[Na+]. The summed E-state index contributed by atoms with van der Waals surface area (Å²) in [5.74, 6) is 2.09. The van der Waals surface area contributed by atoms with Crippen LogP contribution in [0.5, 0.6) is 0 Å². The zero-order valence-electron chi connectivity index (χ0n) is 40.7. The van der Waals surface area contributed by atoms with Crippen molar-refractivity contribution in [3.05, 3.63) is 77.7 Å². The molecule has 2 spiro atoms. The van der Waals surface area contributed by atoms with E-state index in [9.17, 15) is 22.4 Å². The normalized spacial score (nSPS) is 21.5. The van der Waals surface area contributed by atoms with Crippen molar-refractivity contribution >= 4 is 67.6 Å². The Hall–Kier alpha value is -4.35. The van der Waals surface area contributed by atoms with E-state index in [1.165, 1.54) is 43.9 Å². The Bertz CT molecular complexity index is 2620. The molecule has 2 N–H and O–H groups in total. The van der Waals surface area contributed by atoms with Gasteiger partial charge in [0.2, 0.25) is 5.95 Å². The standard InChI is InChI=1S/C24H31N5O4S.C23H28FN5O2.CH4O2S.Na/c1-17-16-29(14-15-33-17)20-5-3-4-19(25-20)26-23(30)18-6-7-21(34(2,31)32)27-22(18)28-12-10-24(8-9-24)11-13-28;1-16-15-29(13-14-31-16)20-4-2-3-19(26-20)27-22(30)17-5-6-18(24)25-21(17)28-11-9-23(7-8-23)10-12-28;1-4(2)3;/h3-7,17H,8-16H2,1-2H3,(H,25,26,30);2-6,16H,7-15H2,1H3,(H,26,27,30);1H3,(H,2,3);/q;;;+1/p-1/t17-;16-;;/m11../s1. The molecule has 2 amide bonds. The first-order chi connectivity index (χ1) is 33.0. The third-order valence-electron chi connectivity index (χ3n) is 13.8. The largest absolute Gasteiger partial charge is 1.00 e. The Morgan fingerprint density at radius 2 is 1.07 bits per heavy atom. The van der Waals surface area contributed by atoms with Crippen molar-refractivity contribution in [2.75, 3.05) is 108 Å². The van der Waals surface area contributed by atoms with E-state index in [-0.39, 0.29) is 58.6 Å². The Morgan fingerprint density at radius 3 is 1.47 bits per heavy atom. The molecular formula is C48H62FN10NaO8S2. The summed E-state index contributed by atoms with van der Waals surface area (Å²) in [5.41, 5.74) is 1.68. The minimum Gasteiger partial charge on any atom is -0.773 e. The number of rotatable bonds is 9. The third kappa shape index (κ3) is 14.0. The number of anilines is 6. The molecule has 2 aliphatic carbocycles. The smallest absolute Gasteiger partial charge is 0.773 e. The quantitative estimate of drug-likeness (QED) is 0.140. The van der Waals surface area contributed by atoms with Crippen LogP contribution in [0.25, 0.3) is 0 Å². The Balaban J connectivity index is 0.000000190. The van der Waals surface area contributed by atoms with Crippen LogP contribution in [0.3, 0.4) is 0 Å². The molecule has 4 aliphatic heterocycles. The molecule has 372 valence electrons. The molecule has 0 bridgehead atoms. The molecule has 4 saturated heterocycles. The number of amides is 2. The summed E-state index contributed by atoms with van der Waals surface area (Å²) < 4.78 is 67.5. The summed E-state index contributed by atoms with van der Waals surface area (Å²) in [6, 6.07) is 16.8. The predicted octanol–water partition coefficient (Wildman–Crippen LogP) is 2.71. The van der Waals surface area contributed by atoms with E-state index >= 15 is 0 Å². The van der Waals surface area contributed by atoms with Gasteiger partial charge in [-0.3, -0.25) is 13.8 Å². The fourth-order valence-corrected chi connectivity index (χ4v) is 9.96. The maximum atomic E-state index is 13.9. The van der Waals surface area contributed by atoms with E-state index in [1.807, 2.05) is 47.9 Å². The molecule has 3 atom stereocenters. The number of ether oxygens (including phenoxy) is 2. The van der Waals surface area contributed by atoms with Crippen LogP contribution in [0.2, 0.25) is 0 Å². The van der Waals surface area contributed by atoms with Crippen LogP contribution in [-0.2, 0) is 30.4 Å². The molecule has 6 aliphatic rings. The van der Waals surface area contributed by atoms with E-state index in [0.29, 0.717) is 58.4 Å². The summed E-state index contributed by atoms with van der Waals surface area (Å²) in [7, 11) is -3.50. The molecule has 70 heavy (non-hydrogen) atoms. The Morgan fingerprint density at radius 1 is 0.657 bits per heavy atom. The van der Waals surface area contributed by atoms with E-state index in [1.54, 1.807) is 18.2 Å². The Labute approximate surface area is 434 Å². The minimum atomic E-state index is -3.50. The fourth-order valence-electron chi connectivity index (χ4n) is 9.40. The van der Waals surface area contributed by atoms with Crippen LogP contribution in [0, 0.1) is 16.8 Å². The number of sulfone groups is 1. The number of nitrogens with one attached hydrogen (secondary N) is 2. The van der Waals surface area contributed by atoms with Crippen molar-refractivity contribution in [3.8, 4) is 0 Å². The van der Waals surface area contributed by atoms with Crippen LogP contribution in [0.15, 0.2) is 65.7 Å². The van der Waals surface area contributed by atoms with Gasteiger partial charge in [0.05, 0.1) is 36.5 Å². The monoisotopic (exact) mass is 1010 g/mol. The van der Waals surface area contributed by atoms with E-state index < -0.39 is 26.9 Å². The van der Waals surface area contributed by atoms with Crippen LogP contribution >= 0.6 is 0 Å². The zero-order chi connectivity index (χ0) is 48.9. The van der Waals surface area contributed by atoms with Gasteiger partial charge in [-0.15, -0.1) is 0 Å². The first-order valence-corrected chi connectivity index (χ1v) is 27.0. The second-order valence-electron chi connectivity index (χ2n) is 19.1. The molecular weight excluding hydrogens is 951 g/mol. The van der Waals surface area contributed by atoms with Crippen molar-refractivity contribution in [1.82, 2.24) is 19.9 Å². The molecule has 18 nitrogen and oxygen atoms in total. The van der Waals surface area contributed by atoms with Gasteiger partial charge in [0.25, 0.3) is 11.8 Å². The number of carbonyl (C=O) groups excluding carboxylic acids is 2. The van der Waals surface area contributed by atoms with Gasteiger partial charge < -0.3 is 44.3 Å². The number of pyridine rings is 4. The number of halogens is 1. The zero-order valence-corrected chi connectivity index (χ0v) is 44.3. The number of hydrogen-bond acceptors (Lipinski definition) is 16. The summed E-state index contributed by atoms with van der Waals surface area (Å²) in [5, 5.41) is 5.75. The second kappa shape index (κ2) is 23.0. The summed E-state index contributed by atoms with van der Waals surface area (Å²) in [6.45, 7) is 11.5. The second-order valence-corrected chi connectivity index (χ2v) is 21.9. The third-order valence-corrected chi connectivity index (χ3v) is 14.8. The molecule has 22 heteroatoms. The molecule has 4 aromatic rings. The number of hydrogen-bond donors (Lipinski definition) is 2. The minimum absolute atomic E-state index is 0. The van der Waals surface area contributed by atoms with Gasteiger partial charge >= 0.3 is 29.6 Å². The van der Waals surface area contributed by atoms with E-state index in [2.05, 4.69) is 40.4 Å². The Kier molecular flexibility index (Phi) is 17.6. The molecule has 0 aromatic carbocycles. The van der Waals surface area contributed by atoms with Crippen LogP contribution in [0.1, 0.15) is 85.9 Å². The molecule has 4 aromatic heterocycles.